The van der Waals surface area contributed by atoms with Gasteiger partial charge in [-0.15, -0.1) is 0 Å². The van der Waals surface area contributed by atoms with Gasteiger partial charge in [0.15, 0.2) is 0 Å². The van der Waals surface area contributed by atoms with E-state index in [4.69, 9.17) is 9.84 Å². The van der Waals surface area contributed by atoms with E-state index in [1.54, 1.807) is 6.08 Å². The molecule has 17 heavy (non-hydrogen) atoms. The van der Waals surface area contributed by atoms with Crippen LogP contribution in [0.1, 0.15) is 39.0 Å². The number of nitrogens with one attached hydrogen (secondary N) is 1. The van der Waals surface area contributed by atoms with E-state index in [9.17, 15) is 4.79 Å². The Hall–Kier alpha value is -0.870. The summed E-state index contributed by atoms with van der Waals surface area (Å²) >= 11 is 0. The van der Waals surface area contributed by atoms with Gasteiger partial charge in [-0.2, -0.15) is 0 Å². The Kier molecular flexibility index (Phi) is 6.89. The number of carboxylic acid groups (broad SMARTS) is 1. The lowest BCUT2D eigenvalue weighted by Crippen LogP contribution is -2.25. The minimum atomic E-state index is -0.815. The van der Waals surface area contributed by atoms with Crippen LogP contribution in [0.25, 0.3) is 0 Å². The number of aliphatic carboxylic acids is 1. The van der Waals surface area contributed by atoms with Gasteiger partial charge in [-0.3, -0.25) is 0 Å². The Morgan fingerprint density at radius 3 is 2.94 bits per heavy atom. The Balaban J connectivity index is 2.08. The summed E-state index contributed by atoms with van der Waals surface area (Å²) < 4.78 is 5.62. The fourth-order valence-electron chi connectivity index (χ4n) is 1.98. The van der Waals surface area contributed by atoms with Crippen molar-refractivity contribution in [2.24, 2.45) is 0 Å². The molecule has 1 atom stereocenters. The largest absolute Gasteiger partial charge is 0.478 e. The lowest BCUT2D eigenvalue weighted by Gasteiger charge is -2.22. The molecular formula is C13H23NO3. The van der Waals surface area contributed by atoms with Crippen LogP contribution >= 0.6 is 0 Å². The maximum Gasteiger partial charge on any atom is 0.331 e. The highest BCUT2D eigenvalue weighted by atomic mass is 16.5. The predicted molar refractivity (Wildman–Crippen MR) is 67.1 cm³/mol. The summed E-state index contributed by atoms with van der Waals surface area (Å²) in [6.07, 6.45) is 7.35. The standard InChI is InChI=1S/C13H23NO3/c1-2-11(13(15)16)6-8-14-9-7-12-5-3-4-10-17-12/h6,12,14H,2-5,7-10H2,1H3,(H,15,16). The van der Waals surface area contributed by atoms with Crippen molar-refractivity contribution in [2.45, 2.75) is 45.1 Å². The van der Waals surface area contributed by atoms with Crippen LogP contribution in [-0.4, -0.2) is 36.9 Å². The van der Waals surface area contributed by atoms with E-state index in [0.29, 0.717) is 24.6 Å². The maximum atomic E-state index is 10.7. The highest BCUT2D eigenvalue weighted by Crippen LogP contribution is 2.14. The molecule has 98 valence electrons. The molecule has 1 aliphatic rings. The van der Waals surface area contributed by atoms with E-state index in [1.165, 1.54) is 12.8 Å². The van der Waals surface area contributed by atoms with Gasteiger partial charge in [-0.05, 0) is 38.6 Å². The van der Waals surface area contributed by atoms with Crippen LogP contribution in [0.4, 0.5) is 0 Å². The Bertz CT molecular complexity index is 257. The summed E-state index contributed by atoms with van der Waals surface area (Å²) in [5, 5.41) is 12.1. The van der Waals surface area contributed by atoms with Crippen LogP contribution in [0, 0.1) is 0 Å². The van der Waals surface area contributed by atoms with Crippen LogP contribution in [0.15, 0.2) is 11.6 Å². The first-order chi connectivity index (χ1) is 8.24. The number of carboxylic acids is 1. The van der Waals surface area contributed by atoms with Gasteiger partial charge in [0.05, 0.1) is 6.10 Å². The van der Waals surface area contributed by atoms with Crippen molar-refractivity contribution in [1.29, 1.82) is 0 Å². The van der Waals surface area contributed by atoms with Crippen LogP contribution in [0.2, 0.25) is 0 Å². The van der Waals surface area contributed by atoms with Crippen molar-refractivity contribution in [3.63, 3.8) is 0 Å². The molecule has 0 amide bonds. The molecule has 0 radical (unpaired) electrons. The quantitative estimate of drug-likeness (QED) is 0.528. The van der Waals surface area contributed by atoms with Crippen molar-refractivity contribution >= 4 is 5.97 Å². The minimum absolute atomic E-state index is 0.394. The average Bonchev–Trinajstić information content (AvgIpc) is 2.34. The molecule has 4 nitrogen and oxygen atoms in total. The molecule has 0 saturated carbocycles. The minimum Gasteiger partial charge on any atom is -0.478 e. The van der Waals surface area contributed by atoms with E-state index in [0.717, 1.165) is 26.0 Å². The molecule has 1 heterocycles. The van der Waals surface area contributed by atoms with Gasteiger partial charge < -0.3 is 15.2 Å². The summed E-state index contributed by atoms with van der Waals surface area (Å²) in [5.74, 6) is -0.815. The van der Waals surface area contributed by atoms with E-state index >= 15 is 0 Å². The third-order valence-electron chi connectivity index (χ3n) is 3.07. The predicted octanol–water partition coefficient (Wildman–Crippen LogP) is 1.96. The second kappa shape index (κ2) is 8.25. The van der Waals surface area contributed by atoms with Crippen LogP contribution in [0.3, 0.4) is 0 Å². The summed E-state index contributed by atoms with van der Waals surface area (Å²) in [4.78, 5) is 10.7. The van der Waals surface area contributed by atoms with Gasteiger partial charge >= 0.3 is 5.97 Å². The topological polar surface area (TPSA) is 58.6 Å². The Morgan fingerprint density at radius 1 is 1.53 bits per heavy atom. The van der Waals surface area contributed by atoms with E-state index < -0.39 is 5.97 Å². The maximum absolute atomic E-state index is 10.7. The normalized spacial score (nSPS) is 21.5. The highest BCUT2D eigenvalue weighted by Gasteiger charge is 2.12. The van der Waals surface area contributed by atoms with Crippen molar-refractivity contribution in [3.05, 3.63) is 11.6 Å². The zero-order valence-electron chi connectivity index (χ0n) is 10.6. The van der Waals surface area contributed by atoms with Gasteiger partial charge in [0.1, 0.15) is 0 Å². The molecular weight excluding hydrogens is 218 g/mol. The number of ether oxygens (including phenoxy) is 1. The smallest absolute Gasteiger partial charge is 0.331 e. The van der Waals surface area contributed by atoms with Crippen molar-refractivity contribution < 1.29 is 14.6 Å². The van der Waals surface area contributed by atoms with Crippen molar-refractivity contribution in [3.8, 4) is 0 Å². The van der Waals surface area contributed by atoms with E-state index in [-0.39, 0.29) is 0 Å². The lowest BCUT2D eigenvalue weighted by molar-refractivity contribution is -0.132. The number of hydrogen-bond donors (Lipinski definition) is 2. The lowest BCUT2D eigenvalue weighted by atomic mass is 10.1. The molecule has 0 aromatic carbocycles. The SMILES string of the molecule is CCC(=CCNCCC1CCCCO1)C(=O)O. The summed E-state index contributed by atoms with van der Waals surface area (Å²) in [5.41, 5.74) is 0.478. The monoisotopic (exact) mass is 241 g/mol. The molecule has 1 aliphatic heterocycles. The first-order valence-corrected chi connectivity index (χ1v) is 6.48. The fraction of sp³-hybridized carbons (Fsp3) is 0.769. The summed E-state index contributed by atoms with van der Waals surface area (Å²) in [6, 6.07) is 0. The molecule has 0 aromatic rings. The zero-order valence-corrected chi connectivity index (χ0v) is 10.6. The number of carbonyl (C=O) groups is 1. The van der Waals surface area contributed by atoms with Gasteiger partial charge in [0.2, 0.25) is 0 Å². The number of hydrogen-bond acceptors (Lipinski definition) is 3. The van der Waals surface area contributed by atoms with Gasteiger partial charge in [-0.25, -0.2) is 4.79 Å². The Morgan fingerprint density at radius 2 is 2.35 bits per heavy atom. The molecule has 2 N–H and O–H groups in total. The van der Waals surface area contributed by atoms with Gasteiger partial charge in [0, 0.05) is 18.7 Å². The molecule has 1 unspecified atom stereocenters. The van der Waals surface area contributed by atoms with E-state index in [2.05, 4.69) is 5.32 Å². The third-order valence-corrected chi connectivity index (χ3v) is 3.07. The Labute approximate surface area is 103 Å². The van der Waals surface area contributed by atoms with Crippen LogP contribution in [-0.2, 0) is 9.53 Å². The molecule has 1 rings (SSSR count). The van der Waals surface area contributed by atoms with Gasteiger partial charge in [-0.1, -0.05) is 13.0 Å². The summed E-state index contributed by atoms with van der Waals surface area (Å²) in [7, 11) is 0. The summed E-state index contributed by atoms with van der Waals surface area (Å²) in [6.45, 7) is 4.26. The zero-order chi connectivity index (χ0) is 12.5. The fourth-order valence-corrected chi connectivity index (χ4v) is 1.98. The molecule has 0 aromatic heterocycles. The van der Waals surface area contributed by atoms with Crippen LogP contribution in [0.5, 0.6) is 0 Å². The highest BCUT2D eigenvalue weighted by molar-refractivity contribution is 5.86. The second-order valence-corrected chi connectivity index (χ2v) is 4.37. The molecule has 4 heteroatoms. The van der Waals surface area contributed by atoms with E-state index in [1.807, 2.05) is 6.92 Å². The molecule has 0 bridgehead atoms. The number of rotatable bonds is 7. The van der Waals surface area contributed by atoms with Gasteiger partial charge in [0.25, 0.3) is 0 Å². The van der Waals surface area contributed by atoms with Crippen LogP contribution < -0.4 is 5.32 Å². The molecule has 1 fully saturated rings. The average molecular weight is 241 g/mol. The molecule has 0 aliphatic carbocycles. The third kappa shape index (κ3) is 5.84. The molecule has 1 saturated heterocycles. The van der Waals surface area contributed by atoms with Crippen molar-refractivity contribution in [2.75, 3.05) is 19.7 Å². The first kappa shape index (κ1) is 14.2. The first-order valence-electron chi connectivity index (χ1n) is 6.48. The van der Waals surface area contributed by atoms with Crippen molar-refractivity contribution in [1.82, 2.24) is 5.32 Å². The molecule has 0 spiro atoms. The second-order valence-electron chi connectivity index (χ2n) is 4.37.